The summed E-state index contributed by atoms with van der Waals surface area (Å²) in [5, 5.41) is 9.39. The van der Waals surface area contributed by atoms with Crippen molar-refractivity contribution in [2.75, 3.05) is 6.54 Å². The van der Waals surface area contributed by atoms with Crippen LogP contribution in [-0.4, -0.2) is 22.6 Å². The van der Waals surface area contributed by atoms with Crippen LogP contribution in [-0.2, 0) is 24.3 Å². The predicted molar refractivity (Wildman–Crippen MR) is 110 cm³/mol. The van der Waals surface area contributed by atoms with Crippen LogP contribution in [0.3, 0.4) is 0 Å². The van der Waals surface area contributed by atoms with E-state index in [1.165, 1.54) is 0 Å². The van der Waals surface area contributed by atoms with E-state index in [4.69, 9.17) is 4.74 Å². The third-order valence-electron chi connectivity index (χ3n) is 4.51. The smallest absolute Gasteiger partial charge is 0.410 e. The first-order chi connectivity index (χ1) is 13.7. The molecule has 0 radical (unpaired) electrons. The molecule has 0 unspecified atom stereocenters. The number of phenolic OH excluding ortho intramolecular Hbond substituents is 1. The summed E-state index contributed by atoms with van der Waals surface area (Å²) in [6.07, 6.45) is 1.34. The summed E-state index contributed by atoms with van der Waals surface area (Å²) in [4.78, 5) is 14.4. The number of nitrogens with zero attached hydrogens (tertiary/aromatic N) is 1. The number of benzene rings is 3. The summed E-state index contributed by atoms with van der Waals surface area (Å²) >= 11 is 0. The lowest BCUT2D eigenvalue weighted by Crippen LogP contribution is -2.32. The van der Waals surface area contributed by atoms with Crippen LogP contribution < -0.4 is 0 Å². The molecule has 0 aliphatic carbocycles. The number of carbonyl (C=O) groups is 1. The summed E-state index contributed by atoms with van der Waals surface area (Å²) in [5.74, 6) is 0.263. The van der Waals surface area contributed by atoms with Gasteiger partial charge in [-0.05, 0) is 41.7 Å². The quantitative estimate of drug-likeness (QED) is 0.591. The van der Waals surface area contributed by atoms with Crippen molar-refractivity contribution in [2.45, 2.75) is 26.0 Å². The Morgan fingerprint density at radius 1 is 0.786 bits per heavy atom. The Morgan fingerprint density at radius 2 is 1.39 bits per heavy atom. The molecule has 1 N–H and O–H groups in total. The van der Waals surface area contributed by atoms with E-state index in [-0.39, 0.29) is 18.4 Å². The number of aryl methyl sites for hydroxylation is 1. The Balaban J connectivity index is 1.58. The van der Waals surface area contributed by atoms with Crippen molar-refractivity contribution < 1.29 is 14.6 Å². The average molecular weight is 375 g/mol. The predicted octanol–water partition coefficient (Wildman–Crippen LogP) is 5.16. The molecule has 0 aliphatic heterocycles. The normalized spacial score (nSPS) is 10.4. The van der Waals surface area contributed by atoms with Gasteiger partial charge in [0.25, 0.3) is 0 Å². The SMILES string of the molecule is O=C(OCc1ccccc1)N(CCCc1ccc(O)cc1)Cc1ccccc1. The second-order valence-corrected chi connectivity index (χ2v) is 6.72. The van der Waals surface area contributed by atoms with Crippen LogP contribution in [0.15, 0.2) is 84.9 Å². The van der Waals surface area contributed by atoms with Crippen LogP contribution in [0.1, 0.15) is 23.1 Å². The van der Waals surface area contributed by atoms with E-state index in [0.717, 1.165) is 29.5 Å². The third-order valence-corrected chi connectivity index (χ3v) is 4.51. The Hall–Kier alpha value is -3.27. The number of hydrogen-bond donors (Lipinski definition) is 1. The fourth-order valence-corrected chi connectivity index (χ4v) is 2.99. The Bertz CT molecular complexity index is 848. The van der Waals surface area contributed by atoms with Gasteiger partial charge >= 0.3 is 6.09 Å². The number of rotatable bonds is 8. The number of ether oxygens (including phenoxy) is 1. The lowest BCUT2D eigenvalue weighted by atomic mass is 10.1. The summed E-state index contributed by atoms with van der Waals surface area (Å²) in [5.41, 5.74) is 3.18. The van der Waals surface area contributed by atoms with E-state index in [1.54, 1.807) is 17.0 Å². The van der Waals surface area contributed by atoms with Crippen LogP contribution in [0.2, 0.25) is 0 Å². The molecule has 4 nitrogen and oxygen atoms in total. The van der Waals surface area contributed by atoms with Crippen LogP contribution in [0.5, 0.6) is 5.75 Å². The number of amides is 1. The number of hydrogen-bond acceptors (Lipinski definition) is 3. The minimum absolute atomic E-state index is 0.263. The van der Waals surface area contributed by atoms with E-state index >= 15 is 0 Å². The van der Waals surface area contributed by atoms with Crippen molar-refractivity contribution >= 4 is 6.09 Å². The van der Waals surface area contributed by atoms with Gasteiger partial charge in [-0.1, -0.05) is 72.8 Å². The first kappa shape index (κ1) is 19.5. The monoisotopic (exact) mass is 375 g/mol. The van der Waals surface area contributed by atoms with E-state index in [0.29, 0.717) is 13.1 Å². The second-order valence-electron chi connectivity index (χ2n) is 6.72. The van der Waals surface area contributed by atoms with Gasteiger partial charge < -0.3 is 14.7 Å². The molecule has 1 amide bonds. The van der Waals surface area contributed by atoms with Crippen LogP contribution in [0, 0.1) is 0 Å². The molecule has 3 aromatic rings. The first-order valence-electron chi connectivity index (χ1n) is 9.48. The van der Waals surface area contributed by atoms with Gasteiger partial charge in [0.05, 0.1) is 0 Å². The molecule has 3 rings (SSSR count). The molecule has 0 saturated carbocycles. The zero-order chi connectivity index (χ0) is 19.6. The van der Waals surface area contributed by atoms with Crippen LogP contribution in [0.4, 0.5) is 4.79 Å². The molecule has 0 spiro atoms. The molecule has 3 aromatic carbocycles. The molecule has 0 heterocycles. The molecular weight excluding hydrogens is 350 g/mol. The van der Waals surface area contributed by atoms with E-state index in [9.17, 15) is 9.90 Å². The maximum Gasteiger partial charge on any atom is 0.410 e. The minimum Gasteiger partial charge on any atom is -0.508 e. The fourth-order valence-electron chi connectivity index (χ4n) is 2.99. The molecule has 0 aromatic heterocycles. The summed E-state index contributed by atoms with van der Waals surface area (Å²) in [7, 11) is 0. The highest BCUT2D eigenvalue weighted by atomic mass is 16.6. The largest absolute Gasteiger partial charge is 0.508 e. The molecule has 0 fully saturated rings. The standard InChI is InChI=1S/C24H25NO3/c26-23-15-13-20(14-16-23)12-7-17-25(18-21-8-3-1-4-9-21)24(27)28-19-22-10-5-2-6-11-22/h1-6,8-11,13-16,26H,7,12,17-19H2. The highest BCUT2D eigenvalue weighted by molar-refractivity contribution is 5.67. The summed E-state index contributed by atoms with van der Waals surface area (Å²) < 4.78 is 5.53. The third kappa shape index (κ3) is 6.16. The lowest BCUT2D eigenvalue weighted by molar-refractivity contribution is 0.0932. The molecular formula is C24H25NO3. The van der Waals surface area contributed by atoms with Gasteiger partial charge in [0.2, 0.25) is 0 Å². The molecule has 28 heavy (non-hydrogen) atoms. The maximum atomic E-state index is 12.7. The highest BCUT2D eigenvalue weighted by Crippen LogP contribution is 2.13. The molecule has 144 valence electrons. The molecule has 4 heteroatoms. The van der Waals surface area contributed by atoms with Gasteiger partial charge in [-0.2, -0.15) is 0 Å². The van der Waals surface area contributed by atoms with E-state index in [2.05, 4.69) is 0 Å². The average Bonchev–Trinajstić information content (AvgIpc) is 2.74. The van der Waals surface area contributed by atoms with Crippen molar-refractivity contribution in [1.82, 2.24) is 4.90 Å². The lowest BCUT2D eigenvalue weighted by Gasteiger charge is -2.22. The molecule has 0 saturated heterocycles. The van der Waals surface area contributed by atoms with Crippen molar-refractivity contribution in [3.05, 3.63) is 102 Å². The number of phenols is 1. The molecule has 0 atom stereocenters. The van der Waals surface area contributed by atoms with Crippen molar-refractivity contribution in [2.24, 2.45) is 0 Å². The zero-order valence-electron chi connectivity index (χ0n) is 15.8. The van der Waals surface area contributed by atoms with Gasteiger partial charge in [-0.3, -0.25) is 0 Å². The van der Waals surface area contributed by atoms with Gasteiger partial charge in [-0.15, -0.1) is 0 Å². The van der Waals surface area contributed by atoms with Gasteiger partial charge in [0, 0.05) is 13.1 Å². The Labute approximate surface area is 166 Å². The van der Waals surface area contributed by atoms with Crippen LogP contribution >= 0.6 is 0 Å². The topological polar surface area (TPSA) is 49.8 Å². The van der Waals surface area contributed by atoms with Crippen molar-refractivity contribution in [3.63, 3.8) is 0 Å². The van der Waals surface area contributed by atoms with Gasteiger partial charge in [0.1, 0.15) is 12.4 Å². The summed E-state index contributed by atoms with van der Waals surface area (Å²) in [6.45, 7) is 1.39. The van der Waals surface area contributed by atoms with Gasteiger partial charge in [0.15, 0.2) is 0 Å². The van der Waals surface area contributed by atoms with Gasteiger partial charge in [-0.25, -0.2) is 4.79 Å². The van der Waals surface area contributed by atoms with E-state index in [1.807, 2.05) is 72.8 Å². The van der Waals surface area contributed by atoms with Crippen molar-refractivity contribution in [3.8, 4) is 5.75 Å². The fraction of sp³-hybridized carbons (Fsp3) is 0.208. The summed E-state index contributed by atoms with van der Waals surface area (Å²) in [6, 6.07) is 26.8. The first-order valence-corrected chi connectivity index (χ1v) is 9.48. The maximum absolute atomic E-state index is 12.7. The molecule has 0 aliphatic rings. The number of carbonyl (C=O) groups excluding carboxylic acids is 1. The Kier molecular flexibility index (Phi) is 7.08. The van der Waals surface area contributed by atoms with E-state index < -0.39 is 0 Å². The second kappa shape index (κ2) is 10.2. The Morgan fingerprint density at radius 3 is 2.04 bits per heavy atom. The highest BCUT2D eigenvalue weighted by Gasteiger charge is 2.15. The zero-order valence-corrected chi connectivity index (χ0v) is 15.8. The number of aromatic hydroxyl groups is 1. The van der Waals surface area contributed by atoms with Crippen molar-refractivity contribution in [1.29, 1.82) is 0 Å². The van der Waals surface area contributed by atoms with Crippen LogP contribution in [0.25, 0.3) is 0 Å². The minimum atomic E-state index is -0.307. The molecule has 0 bridgehead atoms.